The number of carbonyl (C=O) groups is 1. The maximum Gasteiger partial charge on any atom is 0.229 e. The van der Waals surface area contributed by atoms with Crippen LogP contribution in [0.15, 0.2) is 0 Å². The summed E-state index contributed by atoms with van der Waals surface area (Å²) in [5, 5.41) is 2.98. The molecule has 0 heterocycles. The van der Waals surface area contributed by atoms with E-state index in [0.717, 1.165) is 6.54 Å². The number of nitrogens with one attached hydrogen (secondary N) is 1. The quantitative estimate of drug-likeness (QED) is 0.673. The summed E-state index contributed by atoms with van der Waals surface area (Å²) < 4.78 is 0. The van der Waals surface area contributed by atoms with Gasteiger partial charge in [0.1, 0.15) is 0 Å². The van der Waals surface area contributed by atoms with Crippen LogP contribution in [0.5, 0.6) is 0 Å². The van der Waals surface area contributed by atoms with Gasteiger partial charge in [-0.2, -0.15) is 0 Å². The number of hydrogen-bond acceptors (Lipinski definition) is 3. The number of rotatable bonds is 6. The third kappa shape index (κ3) is 5.42. The van der Waals surface area contributed by atoms with E-state index < -0.39 is 5.92 Å². The van der Waals surface area contributed by atoms with Crippen molar-refractivity contribution in [2.45, 2.75) is 26.8 Å². The first-order chi connectivity index (χ1) is 7.25. The van der Waals surface area contributed by atoms with E-state index in [-0.39, 0.29) is 16.9 Å². The topological polar surface area (TPSA) is 58.4 Å². The highest BCUT2D eigenvalue weighted by molar-refractivity contribution is 7.80. The summed E-state index contributed by atoms with van der Waals surface area (Å²) in [7, 11) is 3.97. The molecule has 3 N–H and O–H groups in total. The van der Waals surface area contributed by atoms with Crippen molar-refractivity contribution in [1.82, 2.24) is 10.2 Å². The average molecular weight is 245 g/mol. The Morgan fingerprint density at radius 3 is 2.19 bits per heavy atom. The largest absolute Gasteiger partial charge is 0.393 e. The molecule has 0 aromatic heterocycles. The molecule has 0 aromatic rings. The van der Waals surface area contributed by atoms with Crippen LogP contribution >= 0.6 is 12.2 Å². The van der Waals surface area contributed by atoms with Gasteiger partial charge in [-0.3, -0.25) is 4.79 Å². The Kier molecular flexibility index (Phi) is 6.52. The maximum atomic E-state index is 11.8. The van der Waals surface area contributed by atoms with Gasteiger partial charge in [0.2, 0.25) is 5.91 Å². The Morgan fingerprint density at radius 2 is 1.88 bits per heavy atom. The minimum absolute atomic E-state index is 0.0898. The van der Waals surface area contributed by atoms with Gasteiger partial charge in [-0.1, -0.05) is 26.1 Å². The fourth-order valence-electron chi connectivity index (χ4n) is 1.25. The van der Waals surface area contributed by atoms with E-state index in [4.69, 9.17) is 18.0 Å². The van der Waals surface area contributed by atoms with Gasteiger partial charge in [0, 0.05) is 12.6 Å². The Bertz CT molecular complexity index is 254. The second kappa shape index (κ2) is 6.81. The monoisotopic (exact) mass is 245 g/mol. The number of carbonyl (C=O) groups excluding carboxylic acids is 1. The average Bonchev–Trinajstić information content (AvgIpc) is 2.14. The molecule has 0 radical (unpaired) electrons. The molecule has 0 aromatic carbocycles. The summed E-state index contributed by atoms with van der Waals surface area (Å²) in [6.07, 6.45) is 0. The lowest BCUT2D eigenvalue weighted by molar-refractivity contribution is -0.123. The molecule has 0 aliphatic rings. The zero-order valence-electron chi connectivity index (χ0n) is 10.8. The molecule has 2 unspecified atom stereocenters. The van der Waals surface area contributed by atoms with Gasteiger partial charge in [-0.05, 0) is 26.9 Å². The summed E-state index contributed by atoms with van der Waals surface area (Å²) in [5.74, 6) is -0.114. The van der Waals surface area contributed by atoms with Gasteiger partial charge >= 0.3 is 0 Å². The predicted molar refractivity (Wildman–Crippen MR) is 71.3 cm³/mol. The van der Waals surface area contributed by atoms with Crippen LogP contribution in [-0.4, -0.2) is 42.5 Å². The zero-order valence-corrected chi connectivity index (χ0v) is 11.6. The van der Waals surface area contributed by atoms with Crippen molar-refractivity contribution >= 4 is 23.1 Å². The van der Waals surface area contributed by atoms with Crippen LogP contribution in [0.2, 0.25) is 0 Å². The summed E-state index contributed by atoms with van der Waals surface area (Å²) >= 11 is 4.81. The van der Waals surface area contributed by atoms with Crippen LogP contribution in [0.25, 0.3) is 0 Å². The van der Waals surface area contributed by atoms with Crippen molar-refractivity contribution in [2.24, 2.45) is 17.6 Å². The zero-order chi connectivity index (χ0) is 12.9. The van der Waals surface area contributed by atoms with E-state index in [1.165, 1.54) is 0 Å². The van der Waals surface area contributed by atoms with Crippen LogP contribution < -0.4 is 11.1 Å². The molecule has 0 rings (SSSR count). The summed E-state index contributed by atoms with van der Waals surface area (Å²) in [6, 6.07) is 0.124. The Morgan fingerprint density at radius 1 is 1.38 bits per heavy atom. The molecule has 0 aliphatic carbocycles. The van der Waals surface area contributed by atoms with Crippen LogP contribution in [-0.2, 0) is 4.79 Å². The minimum atomic E-state index is -0.404. The molecule has 4 nitrogen and oxygen atoms in total. The van der Waals surface area contributed by atoms with Crippen molar-refractivity contribution in [3.8, 4) is 0 Å². The highest BCUT2D eigenvalue weighted by Crippen LogP contribution is 2.05. The first kappa shape index (κ1) is 15.3. The number of amides is 1. The Balaban J connectivity index is 4.40. The number of thiocarbonyl (C=S) groups is 1. The van der Waals surface area contributed by atoms with E-state index in [1.807, 2.05) is 14.1 Å². The summed E-state index contributed by atoms with van der Waals surface area (Å²) in [4.78, 5) is 14.1. The van der Waals surface area contributed by atoms with E-state index >= 15 is 0 Å². The Labute approximate surface area is 104 Å². The summed E-state index contributed by atoms with van der Waals surface area (Å²) in [6.45, 7) is 6.71. The summed E-state index contributed by atoms with van der Waals surface area (Å²) in [5.41, 5.74) is 5.45. The highest BCUT2D eigenvalue weighted by Gasteiger charge is 2.21. The third-order valence-corrected chi connectivity index (χ3v) is 2.87. The standard InChI is InChI=1S/C11H23N3OS/c1-7(2)9(6-14(4)5)13-11(15)8(3)10(12)16/h7-9H,6H2,1-5H3,(H2,12,16)(H,13,15). The molecule has 94 valence electrons. The van der Waals surface area contributed by atoms with Gasteiger partial charge in [0.25, 0.3) is 0 Å². The first-order valence-electron chi connectivity index (χ1n) is 5.50. The van der Waals surface area contributed by atoms with E-state index in [1.54, 1.807) is 6.92 Å². The van der Waals surface area contributed by atoms with Crippen molar-refractivity contribution in [1.29, 1.82) is 0 Å². The van der Waals surface area contributed by atoms with Crippen molar-refractivity contribution < 1.29 is 4.79 Å². The van der Waals surface area contributed by atoms with Crippen molar-refractivity contribution in [3.63, 3.8) is 0 Å². The molecule has 0 bridgehead atoms. The number of nitrogens with zero attached hydrogens (tertiary/aromatic N) is 1. The number of hydrogen-bond donors (Lipinski definition) is 2. The fourth-order valence-corrected chi connectivity index (χ4v) is 1.36. The van der Waals surface area contributed by atoms with Crippen molar-refractivity contribution in [3.05, 3.63) is 0 Å². The molecule has 2 atom stereocenters. The van der Waals surface area contributed by atoms with E-state index in [2.05, 4.69) is 24.1 Å². The molecule has 0 saturated heterocycles. The highest BCUT2D eigenvalue weighted by atomic mass is 32.1. The smallest absolute Gasteiger partial charge is 0.229 e. The van der Waals surface area contributed by atoms with Gasteiger partial charge in [-0.25, -0.2) is 0 Å². The third-order valence-electron chi connectivity index (χ3n) is 2.51. The molecular formula is C11H23N3OS. The molecule has 5 heteroatoms. The first-order valence-corrected chi connectivity index (χ1v) is 5.91. The maximum absolute atomic E-state index is 11.8. The van der Waals surface area contributed by atoms with Gasteiger partial charge in [0.15, 0.2) is 0 Å². The Hall–Kier alpha value is -0.680. The molecule has 0 aliphatic heterocycles. The second-order valence-electron chi connectivity index (χ2n) is 4.75. The van der Waals surface area contributed by atoms with Crippen LogP contribution in [0.1, 0.15) is 20.8 Å². The lowest BCUT2D eigenvalue weighted by Crippen LogP contribution is -2.48. The van der Waals surface area contributed by atoms with Gasteiger partial charge < -0.3 is 16.0 Å². The van der Waals surface area contributed by atoms with Crippen LogP contribution in [0.3, 0.4) is 0 Å². The molecule has 0 fully saturated rings. The molecule has 1 amide bonds. The SMILES string of the molecule is CC(C(=O)NC(CN(C)C)C(C)C)C(N)=S. The van der Waals surface area contributed by atoms with E-state index in [0.29, 0.717) is 5.92 Å². The molecule has 16 heavy (non-hydrogen) atoms. The van der Waals surface area contributed by atoms with Gasteiger partial charge in [0.05, 0.1) is 10.9 Å². The molecular weight excluding hydrogens is 222 g/mol. The lowest BCUT2D eigenvalue weighted by atomic mass is 10.0. The van der Waals surface area contributed by atoms with Crippen molar-refractivity contribution in [2.75, 3.05) is 20.6 Å². The number of nitrogens with two attached hydrogens (primary N) is 1. The molecule has 0 spiro atoms. The van der Waals surface area contributed by atoms with Gasteiger partial charge in [-0.15, -0.1) is 0 Å². The minimum Gasteiger partial charge on any atom is -0.393 e. The number of likely N-dealkylation sites (N-methyl/N-ethyl adjacent to an activating group) is 1. The second-order valence-corrected chi connectivity index (χ2v) is 5.22. The fraction of sp³-hybridized carbons (Fsp3) is 0.818. The van der Waals surface area contributed by atoms with Crippen LogP contribution in [0.4, 0.5) is 0 Å². The predicted octanol–water partition coefficient (Wildman–Crippen LogP) is 0.611. The van der Waals surface area contributed by atoms with E-state index in [9.17, 15) is 4.79 Å². The lowest BCUT2D eigenvalue weighted by Gasteiger charge is -2.26. The van der Waals surface area contributed by atoms with Crippen LogP contribution in [0, 0.1) is 11.8 Å². The normalized spacial score (nSPS) is 14.9. The molecule has 0 saturated carbocycles.